The summed E-state index contributed by atoms with van der Waals surface area (Å²) in [6.07, 6.45) is 1.34. The third-order valence-corrected chi connectivity index (χ3v) is 7.95. The highest BCUT2D eigenvalue weighted by Crippen LogP contribution is 2.25. The fourth-order valence-corrected chi connectivity index (χ4v) is 4.74. The van der Waals surface area contributed by atoms with Crippen molar-refractivity contribution in [2.24, 2.45) is 5.14 Å². The largest absolute Gasteiger partial charge is 0.366 e. The van der Waals surface area contributed by atoms with Crippen molar-refractivity contribution in [3.05, 3.63) is 65.4 Å². The Morgan fingerprint density at radius 3 is 2.25 bits per heavy atom. The Hall–Kier alpha value is -2.73. The minimum Gasteiger partial charge on any atom is -0.366 e. The van der Waals surface area contributed by atoms with Gasteiger partial charge in [-0.1, -0.05) is 11.6 Å². The molecule has 0 unspecified atom stereocenters. The molecule has 0 bridgehead atoms. The van der Waals surface area contributed by atoms with Crippen LogP contribution in [0.4, 0.5) is 17.3 Å². The van der Waals surface area contributed by atoms with Crippen molar-refractivity contribution in [1.29, 1.82) is 0 Å². The molecule has 32 heavy (non-hydrogen) atoms. The molecule has 0 radical (unpaired) electrons. The van der Waals surface area contributed by atoms with E-state index in [1.165, 1.54) is 24.5 Å². The number of halogens is 1. The zero-order valence-corrected chi connectivity index (χ0v) is 19.7. The maximum absolute atomic E-state index is 12.8. The van der Waals surface area contributed by atoms with Crippen LogP contribution in [-0.4, -0.2) is 32.1 Å². The van der Waals surface area contributed by atoms with E-state index in [1.807, 2.05) is 0 Å². The predicted molar refractivity (Wildman–Crippen MR) is 124 cm³/mol. The van der Waals surface area contributed by atoms with Crippen molar-refractivity contribution in [1.82, 2.24) is 9.97 Å². The third kappa shape index (κ3) is 5.74. The smallest absolute Gasteiger partial charge is 0.238 e. The van der Waals surface area contributed by atoms with Gasteiger partial charge in [0.1, 0.15) is 18.0 Å². The highest BCUT2D eigenvalue weighted by Gasteiger charge is 2.24. The van der Waals surface area contributed by atoms with Crippen LogP contribution in [0.1, 0.15) is 19.4 Å². The quantitative estimate of drug-likeness (QED) is 0.431. The molecule has 1 heterocycles. The van der Waals surface area contributed by atoms with Crippen molar-refractivity contribution in [3.63, 3.8) is 0 Å². The van der Waals surface area contributed by atoms with Gasteiger partial charge in [-0.25, -0.2) is 31.9 Å². The molecule has 0 saturated carbocycles. The van der Waals surface area contributed by atoms with Crippen LogP contribution >= 0.6 is 11.6 Å². The number of sulfonamides is 1. The van der Waals surface area contributed by atoms with E-state index in [0.717, 1.165) is 5.69 Å². The molecule has 0 amide bonds. The monoisotopic (exact) mass is 495 g/mol. The number of hydrogen-bond acceptors (Lipinski definition) is 8. The zero-order chi connectivity index (χ0) is 23.5. The van der Waals surface area contributed by atoms with Gasteiger partial charge in [0.2, 0.25) is 10.0 Å². The molecule has 3 aromatic rings. The summed E-state index contributed by atoms with van der Waals surface area (Å²) < 4.78 is 49.0. The highest BCUT2D eigenvalue weighted by atomic mass is 35.5. The molecule has 0 saturated heterocycles. The first-order valence-electron chi connectivity index (χ1n) is 9.45. The average Bonchev–Trinajstić information content (AvgIpc) is 2.73. The van der Waals surface area contributed by atoms with Crippen LogP contribution in [0.15, 0.2) is 64.6 Å². The van der Waals surface area contributed by atoms with E-state index >= 15 is 0 Å². The van der Waals surface area contributed by atoms with E-state index in [1.54, 1.807) is 44.2 Å². The lowest BCUT2D eigenvalue weighted by atomic mass is 10.2. The Bertz CT molecular complexity index is 1330. The Morgan fingerprint density at radius 1 is 0.969 bits per heavy atom. The SMILES string of the molecule is CC(C)S(=O)(=O)c1ccc(S(N)(=O)=O)cc1CNc1cc(Nc2ccc(Cl)cc2)ncn1. The van der Waals surface area contributed by atoms with Crippen LogP contribution in [0.25, 0.3) is 0 Å². The lowest BCUT2D eigenvalue weighted by Crippen LogP contribution is -2.19. The lowest BCUT2D eigenvalue weighted by Gasteiger charge is -2.15. The fourth-order valence-electron chi connectivity index (χ4n) is 2.79. The number of anilines is 3. The first-order valence-corrected chi connectivity index (χ1v) is 12.9. The summed E-state index contributed by atoms with van der Waals surface area (Å²) in [6, 6.07) is 12.4. The molecule has 0 fully saturated rings. The van der Waals surface area contributed by atoms with Crippen molar-refractivity contribution >= 4 is 48.8 Å². The van der Waals surface area contributed by atoms with Gasteiger partial charge in [0, 0.05) is 23.3 Å². The molecule has 0 aliphatic rings. The topological polar surface area (TPSA) is 144 Å². The van der Waals surface area contributed by atoms with Gasteiger partial charge in [-0.3, -0.25) is 0 Å². The summed E-state index contributed by atoms with van der Waals surface area (Å²) in [5.74, 6) is 0.906. The molecule has 170 valence electrons. The molecular weight excluding hydrogens is 474 g/mol. The number of nitrogens with one attached hydrogen (secondary N) is 2. The van der Waals surface area contributed by atoms with E-state index < -0.39 is 25.1 Å². The average molecular weight is 496 g/mol. The summed E-state index contributed by atoms with van der Waals surface area (Å²) >= 11 is 5.89. The number of nitrogens with zero attached hydrogens (tertiary/aromatic N) is 2. The molecule has 2 aromatic carbocycles. The van der Waals surface area contributed by atoms with Crippen molar-refractivity contribution in [2.75, 3.05) is 10.6 Å². The number of primary sulfonamides is 1. The van der Waals surface area contributed by atoms with Gasteiger partial charge in [-0.05, 0) is 61.9 Å². The first kappa shape index (κ1) is 23.9. The second-order valence-corrected chi connectivity index (χ2v) is 11.7. The molecule has 0 spiro atoms. The molecule has 9 nitrogen and oxygen atoms in total. The fraction of sp³-hybridized carbons (Fsp3) is 0.200. The number of benzene rings is 2. The lowest BCUT2D eigenvalue weighted by molar-refractivity contribution is 0.585. The van der Waals surface area contributed by atoms with E-state index in [-0.39, 0.29) is 21.9 Å². The molecule has 0 aliphatic heterocycles. The molecule has 0 atom stereocenters. The Balaban J connectivity index is 1.88. The Morgan fingerprint density at radius 2 is 1.62 bits per heavy atom. The van der Waals surface area contributed by atoms with Crippen LogP contribution < -0.4 is 15.8 Å². The summed E-state index contributed by atoms with van der Waals surface area (Å²) in [7, 11) is -7.66. The Kier molecular flexibility index (Phi) is 7.03. The van der Waals surface area contributed by atoms with Crippen molar-refractivity contribution in [2.45, 2.75) is 35.4 Å². The van der Waals surface area contributed by atoms with Gasteiger partial charge in [0.25, 0.3) is 0 Å². The number of rotatable bonds is 8. The summed E-state index contributed by atoms with van der Waals surface area (Å²) in [4.78, 5) is 8.14. The van der Waals surface area contributed by atoms with Crippen molar-refractivity contribution in [3.8, 4) is 0 Å². The van der Waals surface area contributed by atoms with Crippen LogP contribution in [-0.2, 0) is 26.4 Å². The van der Waals surface area contributed by atoms with Crippen LogP contribution in [0.3, 0.4) is 0 Å². The zero-order valence-electron chi connectivity index (χ0n) is 17.3. The van der Waals surface area contributed by atoms with E-state index in [4.69, 9.17) is 16.7 Å². The van der Waals surface area contributed by atoms with E-state index in [9.17, 15) is 16.8 Å². The van der Waals surface area contributed by atoms with E-state index in [2.05, 4.69) is 20.6 Å². The highest BCUT2D eigenvalue weighted by molar-refractivity contribution is 7.92. The number of sulfone groups is 1. The third-order valence-electron chi connectivity index (χ3n) is 4.53. The van der Waals surface area contributed by atoms with Crippen LogP contribution in [0.5, 0.6) is 0 Å². The first-order chi connectivity index (χ1) is 15.0. The van der Waals surface area contributed by atoms with Gasteiger partial charge in [0.05, 0.1) is 15.0 Å². The standard InChI is InChI=1S/C20H22ClN5O4S2/c1-13(2)31(27,28)18-8-7-17(32(22,29)30)9-14(18)11-23-19-10-20(25-12-24-19)26-16-5-3-15(21)4-6-16/h3-10,12-13H,11H2,1-2H3,(H2,22,29,30)(H2,23,24,25,26). The van der Waals surface area contributed by atoms with Gasteiger partial charge in [-0.15, -0.1) is 0 Å². The van der Waals surface area contributed by atoms with Gasteiger partial charge in [-0.2, -0.15) is 0 Å². The minimum atomic E-state index is -4.00. The van der Waals surface area contributed by atoms with Gasteiger partial charge < -0.3 is 10.6 Å². The van der Waals surface area contributed by atoms with Gasteiger partial charge >= 0.3 is 0 Å². The number of hydrogen-bond donors (Lipinski definition) is 3. The summed E-state index contributed by atoms with van der Waals surface area (Å²) in [6.45, 7) is 3.11. The van der Waals surface area contributed by atoms with Crippen LogP contribution in [0.2, 0.25) is 5.02 Å². The summed E-state index contributed by atoms with van der Waals surface area (Å²) in [5, 5.41) is 11.3. The molecule has 12 heteroatoms. The van der Waals surface area contributed by atoms with Crippen LogP contribution in [0, 0.1) is 0 Å². The minimum absolute atomic E-state index is 0.00203. The molecule has 4 N–H and O–H groups in total. The maximum Gasteiger partial charge on any atom is 0.238 e. The maximum atomic E-state index is 12.8. The number of nitrogens with two attached hydrogens (primary N) is 1. The normalized spacial score (nSPS) is 12.0. The second-order valence-electron chi connectivity index (χ2n) is 7.18. The predicted octanol–water partition coefficient (Wildman–Crippen LogP) is 3.32. The molecule has 1 aromatic heterocycles. The van der Waals surface area contributed by atoms with Crippen molar-refractivity contribution < 1.29 is 16.8 Å². The molecular formula is C20H22ClN5O4S2. The molecule has 3 rings (SSSR count). The second kappa shape index (κ2) is 9.41. The Labute approximate surface area is 192 Å². The molecule has 0 aliphatic carbocycles. The summed E-state index contributed by atoms with van der Waals surface area (Å²) in [5.41, 5.74) is 1.03. The van der Waals surface area contributed by atoms with E-state index in [0.29, 0.717) is 16.7 Å². The number of aromatic nitrogens is 2. The van der Waals surface area contributed by atoms with Gasteiger partial charge in [0.15, 0.2) is 9.84 Å².